The van der Waals surface area contributed by atoms with E-state index < -0.39 is 11.2 Å². The molecular formula is C6H10O3S. The average molecular weight is 162 g/mol. The lowest BCUT2D eigenvalue weighted by atomic mass is 10.2. The minimum absolute atomic E-state index is 0.292. The molecule has 1 atom stereocenters. The molecule has 1 unspecified atom stereocenters. The predicted octanol–water partition coefficient (Wildman–Crippen LogP) is 0.739. The standard InChI is InChI=1S/C6H10O3S/c1-2-3-4(7)5(10)6(8)9/h5,10H,2-3H2,1H3,(H,8,9). The third kappa shape index (κ3) is 2.87. The van der Waals surface area contributed by atoms with Crippen molar-refractivity contribution in [3.63, 3.8) is 0 Å². The van der Waals surface area contributed by atoms with Crippen LogP contribution in [-0.4, -0.2) is 22.1 Å². The Labute approximate surface area is 64.8 Å². The maximum atomic E-state index is 10.7. The van der Waals surface area contributed by atoms with E-state index in [1.54, 1.807) is 0 Å². The van der Waals surface area contributed by atoms with Crippen LogP contribution < -0.4 is 0 Å². The summed E-state index contributed by atoms with van der Waals surface area (Å²) in [5.41, 5.74) is 0. The van der Waals surface area contributed by atoms with Crippen molar-refractivity contribution in [3.8, 4) is 0 Å². The van der Waals surface area contributed by atoms with Crippen molar-refractivity contribution in [2.45, 2.75) is 25.0 Å². The number of hydrogen-bond donors (Lipinski definition) is 2. The molecule has 0 amide bonds. The summed E-state index contributed by atoms with van der Waals surface area (Å²) in [6.07, 6.45) is 0.962. The Balaban J connectivity index is 3.82. The topological polar surface area (TPSA) is 54.4 Å². The summed E-state index contributed by atoms with van der Waals surface area (Å²) in [6, 6.07) is 0. The zero-order valence-electron chi connectivity index (χ0n) is 5.70. The molecule has 0 bridgehead atoms. The molecule has 0 aliphatic heterocycles. The van der Waals surface area contributed by atoms with E-state index in [4.69, 9.17) is 5.11 Å². The second-order valence-corrected chi connectivity index (χ2v) is 2.47. The van der Waals surface area contributed by atoms with Gasteiger partial charge in [-0.15, -0.1) is 0 Å². The molecule has 0 aliphatic carbocycles. The van der Waals surface area contributed by atoms with Crippen LogP contribution in [0.2, 0.25) is 0 Å². The normalized spacial score (nSPS) is 12.6. The Morgan fingerprint density at radius 2 is 2.10 bits per heavy atom. The van der Waals surface area contributed by atoms with E-state index in [0.29, 0.717) is 12.8 Å². The van der Waals surface area contributed by atoms with Gasteiger partial charge in [-0.2, -0.15) is 12.6 Å². The first kappa shape index (κ1) is 9.49. The van der Waals surface area contributed by atoms with Crippen molar-refractivity contribution < 1.29 is 14.7 Å². The molecule has 0 rings (SSSR count). The fraction of sp³-hybridized carbons (Fsp3) is 0.667. The maximum absolute atomic E-state index is 10.7. The quantitative estimate of drug-likeness (QED) is 0.473. The molecule has 0 aromatic rings. The van der Waals surface area contributed by atoms with Crippen LogP contribution in [0.3, 0.4) is 0 Å². The molecule has 0 spiro atoms. The molecule has 0 aromatic heterocycles. The lowest BCUT2D eigenvalue weighted by Gasteiger charge is -2.00. The van der Waals surface area contributed by atoms with Gasteiger partial charge < -0.3 is 5.11 Å². The summed E-state index contributed by atoms with van der Waals surface area (Å²) < 4.78 is 0. The number of thiol groups is 1. The minimum Gasteiger partial charge on any atom is -0.480 e. The van der Waals surface area contributed by atoms with Crippen molar-refractivity contribution in [2.75, 3.05) is 0 Å². The smallest absolute Gasteiger partial charge is 0.324 e. The third-order valence-electron chi connectivity index (χ3n) is 1.04. The molecule has 0 saturated carbocycles. The van der Waals surface area contributed by atoms with Crippen molar-refractivity contribution in [1.29, 1.82) is 0 Å². The maximum Gasteiger partial charge on any atom is 0.324 e. The molecule has 0 aromatic carbocycles. The molecule has 0 heterocycles. The zero-order chi connectivity index (χ0) is 8.15. The number of hydrogen-bond acceptors (Lipinski definition) is 3. The monoisotopic (exact) mass is 162 g/mol. The van der Waals surface area contributed by atoms with Crippen LogP contribution in [0.25, 0.3) is 0 Å². The van der Waals surface area contributed by atoms with Crippen molar-refractivity contribution in [1.82, 2.24) is 0 Å². The van der Waals surface area contributed by atoms with E-state index in [1.807, 2.05) is 6.92 Å². The van der Waals surface area contributed by atoms with E-state index in [-0.39, 0.29) is 5.78 Å². The van der Waals surface area contributed by atoms with Gasteiger partial charge in [0.15, 0.2) is 11.0 Å². The van der Waals surface area contributed by atoms with Crippen LogP contribution in [0.4, 0.5) is 0 Å². The van der Waals surface area contributed by atoms with Crippen LogP contribution in [0.5, 0.6) is 0 Å². The fourth-order valence-electron chi connectivity index (χ4n) is 0.521. The van der Waals surface area contributed by atoms with Gasteiger partial charge >= 0.3 is 5.97 Å². The molecule has 0 aliphatic rings. The number of aliphatic carboxylic acids is 1. The number of carboxylic acid groups (broad SMARTS) is 1. The van der Waals surface area contributed by atoms with Gasteiger partial charge in [0.25, 0.3) is 0 Å². The first-order valence-corrected chi connectivity index (χ1v) is 3.54. The van der Waals surface area contributed by atoms with Gasteiger partial charge in [0, 0.05) is 6.42 Å². The second-order valence-electron chi connectivity index (χ2n) is 1.96. The first-order chi connectivity index (χ1) is 4.59. The number of carboxylic acids is 1. The van der Waals surface area contributed by atoms with E-state index in [1.165, 1.54) is 0 Å². The highest BCUT2D eigenvalue weighted by Crippen LogP contribution is 2.01. The molecule has 58 valence electrons. The van der Waals surface area contributed by atoms with Gasteiger partial charge in [-0.25, -0.2) is 0 Å². The van der Waals surface area contributed by atoms with Crippen molar-refractivity contribution in [2.24, 2.45) is 0 Å². The second kappa shape index (κ2) is 4.33. The number of ketones is 1. The van der Waals surface area contributed by atoms with Crippen LogP contribution in [0.1, 0.15) is 19.8 Å². The highest BCUT2D eigenvalue weighted by atomic mass is 32.1. The Bertz CT molecular complexity index is 144. The summed E-state index contributed by atoms with van der Waals surface area (Å²) in [4.78, 5) is 20.8. The van der Waals surface area contributed by atoms with Crippen molar-refractivity contribution >= 4 is 24.4 Å². The molecule has 0 radical (unpaired) electrons. The first-order valence-electron chi connectivity index (χ1n) is 3.03. The molecule has 3 nitrogen and oxygen atoms in total. The third-order valence-corrected chi connectivity index (χ3v) is 1.54. The van der Waals surface area contributed by atoms with Crippen LogP contribution in [0, 0.1) is 0 Å². The highest BCUT2D eigenvalue weighted by Gasteiger charge is 2.19. The average Bonchev–Trinajstić information content (AvgIpc) is 1.87. The predicted molar refractivity (Wildman–Crippen MR) is 40.3 cm³/mol. The van der Waals surface area contributed by atoms with Gasteiger partial charge in [-0.05, 0) is 6.42 Å². The molecule has 1 N–H and O–H groups in total. The lowest BCUT2D eigenvalue weighted by molar-refractivity contribution is -0.139. The lowest BCUT2D eigenvalue weighted by Crippen LogP contribution is -2.23. The Morgan fingerprint density at radius 3 is 2.40 bits per heavy atom. The number of Topliss-reactive ketones (excluding diaryl/α,β-unsaturated/α-hetero) is 1. The van der Waals surface area contributed by atoms with Gasteiger partial charge in [0.2, 0.25) is 0 Å². The SMILES string of the molecule is CCCC(=O)C(S)C(=O)O. The van der Waals surface area contributed by atoms with E-state index in [0.717, 1.165) is 0 Å². The minimum atomic E-state index is -1.17. The van der Waals surface area contributed by atoms with Crippen LogP contribution in [0.15, 0.2) is 0 Å². The Kier molecular flexibility index (Phi) is 4.11. The highest BCUT2D eigenvalue weighted by molar-refractivity contribution is 7.82. The van der Waals surface area contributed by atoms with Crippen LogP contribution in [-0.2, 0) is 9.59 Å². The van der Waals surface area contributed by atoms with Crippen LogP contribution >= 0.6 is 12.6 Å². The van der Waals surface area contributed by atoms with Gasteiger partial charge in [0.05, 0.1) is 0 Å². The molecule has 0 fully saturated rings. The Hall–Kier alpha value is -0.510. The summed E-state index contributed by atoms with van der Waals surface area (Å²) >= 11 is 3.60. The largest absolute Gasteiger partial charge is 0.480 e. The van der Waals surface area contributed by atoms with Gasteiger partial charge in [0.1, 0.15) is 0 Å². The molecule has 0 saturated heterocycles. The Morgan fingerprint density at radius 1 is 1.60 bits per heavy atom. The fourth-order valence-corrected chi connectivity index (χ4v) is 0.650. The summed E-state index contributed by atoms with van der Waals surface area (Å²) in [7, 11) is 0. The zero-order valence-corrected chi connectivity index (χ0v) is 6.60. The molecule has 10 heavy (non-hydrogen) atoms. The number of rotatable bonds is 4. The summed E-state index contributed by atoms with van der Waals surface area (Å²) in [6.45, 7) is 1.82. The molecule has 4 heteroatoms. The van der Waals surface area contributed by atoms with Gasteiger partial charge in [-0.1, -0.05) is 6.92 Å². The van der Waals surface area contributed by atoms with Gasteiger partial charge in [-0.3, -0.25) is 9.59 Å². The van der Waals surface area contributed by atoms with E-state index in [2.05, 4.69) is 12.6 Å². The summed E-state index contributed by atoms with van der Waals surface area (Å²) in [5.74, 6) is -1.49. The number of carbonyl (C=O) groups is 2. The molecular weight excluding hydrogens is 152 g/mol. The summed E-state index contributed by atoms with van der Waals surface area (Å²) in [5, 5.41) is 7.14. The van der Waals surface area contributed by atoms with E-state index >= 15 is 0 Å². The number of carbonyl (C=O) groups excluding carboxylic acids is 1. The van der Waals surface area contributed by atoms with E-state index in [9.17, 15) is 9.59 Å². The van der Waals surface area contributed by atoms with Crippen molar-refractivity contribution in [3.05, 3.63) is 0 Å².